The Labute approximate surface area is 242 Å². The van der Waals surface area contributed by atoms with Gasteiger partial charge in [0.1, 0.15) is 30.2 Å². The van der Waals surface area contributed by atoms with Gasteiger partial charge in [-0.15, -0.1) is 0 Å². The van der Waals surface area contributed by atoms with Gasteiger partial charge >= 0.3 is 19.5 Å². The van der Waals surface area contributed by atoms with E-state index in [1.807, 2.05) is 0 Å². The van der Waals surface area contributed by atoms with Crippen LogP contribution in [0.3, 0.4) is 0 Å². The standard InChI is InChI=1S/C22H34N5O15P/c1-8(28)14(24-9(2)29)18-15(25-10(3)30)11(31)6-22(41-18,20(34)35)42-43(37,38)39-7-12-16(32)17(33)19(40-12)27-5-4-13(23)26-21(27)36/h4-5,8,11-12,14-19,28,31-33H,6-7H2,1-3H3,(H,24,29)(H,25,30)(H,34,35)(H,37,38)(H2,23,26,36)/t8-,11-,12+,14-,15-,16+,17+,18-,19+,22+/m0/s1. The van der Waals surface area contributed by atoms with E-state index in [0.29, 0.717) is 0 Å². The lowest BCUT2D eigenvalue weighted by Gasteiger charge is -2.47. The number of nitrogens with one attached hydrogen (secondary N) is 2. The molecule has 1 unspecified atom stereocenters. The van der Waals surface area contributed by atoms with Crippen LogP contribution in [0.2, 0.25) is 0 Å². The number of carboxylic acid groups (broad SMARTS) is 1. The number of nitrogens with two attached hydrogens (primary N) is 1. The molecule has 0 spiro atoms. The Balaban J connectivity index is 1.83. The zero-order valence-electron chi connectivity index (χ0n) is 23.0. The van der Waals surface area contributed by atoms with E-state index in [-0.39, 0.29) is 5.82 Å². The molecular formula is C22H34N5O15P. The molecule has 0 aliphatic carbocycles. The molecular weight excluding hydrogens is 605 g/mol. The molecule has 11 atom stereocenters. The summed E-state index contributed by atoms with van der Waals surface area (Å²) < 4.78 is 34.4. The lowest BCUT2D eigenvalue weighted by molar-refractivity contribution is -0.276. The second-order valence-corrected chi connectivity index (χ2v) is 11.4. The first-order chi connectivity index (χ1) is 19.9. The van der Waals surface area contributed by atoms with Gasteiger partial charge in [0.15, 0.2) is 6.23 Å². The van der Waals surface area contributed by atoms with Crippen molar-refractivity contribution in [2.24, 2.45) is 0 Å². The summed E-state index contributed by atoms with van der Waals surface area (Å²) >= 11 is 0. The maximum Gasteiger partial charge on any atom is 0.475 e. The number of phosphoric ester groups is 1. The molecule has 3 heterocycles. The Morgan fingerprint density at radius 2 is 1.91 bits per heavy atom. The van der Waals surface area contributed by atoms with Crippen molar-refractivity contribution in [1.82, 2.24) is 20.2 Å². The van der Waals surface area contributed by atoms with Crippen molar-refractivity contribution in [1.29, 1.82) is 0 Å². The van der Waals surface area contributed by atoms with Crippen molar-refractivity contribution in [2.45, 2.75) is 87.9 Å². The van der Waals surface area contributed by atoms with Crippen LogP contribution in [0.15, 0.2) is 17.1 Å². The molecule has 2 amide bonds. The van der Waals surface area contributed by atoms with Gasteiger partial charge in [0.2, 0.25) is 11.8 Å². The van der Waals surface area contributed by atoms with E-state index >= 15 is 0 Å². The highest BCUT2D eigenvalue weighted by molar-refractivity contribution is 7.47. The predicted molar refractivity (Wildman–Crippen MR) is 138 cm³/mol. The fourth-order valence-corrected chi connectivity index (χ4v) is 5.67. The summed E-state index contributed by atoms with van der Waals surface area (Å²) in [6.45, 7) is 2.35. The summed E-state index contributed by atoms with van der Waals surface area (Å²) in [6.07, 6.45) is -11.5. The first-order valence-electron chi connectivity index (χ1n) is 12.7. The number of nitrogens with zero attached hydrogens (tertiary/aromatic N) is 2. The number of hydrogen-bond acceptors (Lipinski definition) is 15. The molecule has 43 heavy (non-hydrogen) atoms. The SMILES string of the molecule is CC(=O)N[C@H]([C@@H]1O[C@](OP(=O)(O)OC[C@H]2O[C@@H](n3ccc(N)nc3=O)[C@H](O)[C@@H]2O)(C(=O)O)C[C@H](O)[C@@H]1NC(C)=O)[C@H](C)O. The van der Waals surface area contributed by atoms with Gasteiger partial charge in [-0.2, -0.15) is 4.98 Å². The molecule has 2 fully saturated rings. The van der Waals surface area contributed by atoms with Crippen molar-refractivity contribution in [3.63, 3.8) is 0 Å². The van der Waals surface area contributed by atoms with Crippen molar-refractivity contribution >= 4 is 31.4 Å². The fraction of sp³-hybridized carbons (Fsp3) is 0.682. The molecule has 0 bridgehead atoms. The highest BCUT2D eigenvalue weighted by atomic mass is 31.2. The van der Waals surface area contributed by atoms with Crippen LogP contribution in [-0.2, 0) is 37.5 Å². The first kappa shape index (κ1) is 34.5. The summed E-state index contributed by atoms with van der Waals surface area (Å²) in [5, 5.41) is 56.5. The van der Waals surface area contributed by atoms with E-state index in [9.17, 15) is 54.2 Å². The third kappa shape index (κ3) is 7.92. The molecule has 0 radical (unpaired) electrons. The molecule has 2 aliphatic heterocycles. The molecule has 2 saturated heterocycles. The van der Waals surface area contributed by atoms with Gasteiger partial charge in [0, 0.05) is 26.5 Å². The number of aromatic nitrogens is 2. The average Bonchev–Trinajstić information content (AvgIpc) is 3.15. The number of aliphatic hydroxyl groups is 4. The quantitative estimate of drug-likeness (QED) is 0.104. The lowest BCUT2D eigenvalue weighted by Crippen LogP contribution is -2.69. The Hall–Kier alpha value is -3.04. The number of rotatable bonds is 11. The van der Waals surface area contributed by atoms with Gasteiger partial charge < -0.3 is 56.3 Å². The number of anilines is 1. The minimum absolute atomic E-state index is 0.127. The van der Waals surface area contributed by atoms with Crippen molar-refractivity contribution in [3.8, 4) is 0 Å². The number of aliphatic hydroxyl groups excluding tert-OH is 4. The van der Waals surface area contributed by atoms with Gasteiger partial charge in [0.25, 0.3) is 5.79 Å². The van der Waals surface area contributed by atoms with E-state index in [1.165, 1.54) is 13.0 Å². The normalized spacial score (nSPS) is 33.6. The number of hydrogen-bond donors (Lipinski definition) is 9. The Morgan fingerprint density at radius 3 is 2.44 bits per heavy atom. The van der Waals surface area contributed by atoms with Crippen LogP contribution in [-0.4, -0.2) is 119 Å². The molecule has 1 aromatic heterocycles. The first-order valence-corrected chi connectivity index (χ1v) is 14.2. The second-order valence-electron chi connectivity index (χ2n) is 10.0. The maximum absolute atomic E-state index is 13.0. The molecule has 21 heteroatoms. The summed E-state index contributed by atoms with van der Waals surface area (Å²) in [7, 11) is -5.49. The van der Waals surface area contributed by atoms with Crippen LogP contribution in [0.5, 0.6) is 0 Å². The van der Waals surface area contributed by atoms with Gasteiger partial charge in [-0.3, -0.25) is 18.7 Å². The van der Waals surface area contributed by atoms with Crippen LogP contribution in [0.1, 0.15) is 33.4 Å². The number of phosphoric acid groups is 1. The number of ether oxygens (including phenoxy) is 2. The molecule has 2 aliphatic rings. The number of aliphatic carboxylic acids is 1. The minimum Gasteiger partial charge on any atom is -0.477 e. The largest absolute Gasteiger partial charge is 0.477 e. The van der Waals surface area contributed by atoms with Crippen LogP contribution in [0, 0.1) is 0 Å². The van der Waals surface area contributed by atoms with Crippen molar-refractivity contribution in [3.05, 3.63) is 22.7 Å². The number of carbonyl (C=O) groups is 3. The summed E-state index contributed by atoms with van der Waals surface area (Å²) in [6, 6.07) is -1.67. The van der Waals surface area contributed by atoms with Crippen LogP contribution in [0.4, 0.5) is 5.82 Å². The molecule has 0 aromatic carbocycles. The van der Waals surface area contributed by atoms with E-state index in [4.69, 9.17) is 24.3 Å². The molecule has 20 nitrogen and oxygen atoms in total. The Bertz CT molecular complexity index is 1290. The molecule has 0 saturated carbocycles. The lowest BCUT2D eigenvalue weighted by atomic mass is 9.87. The second kappa shape index (κ2) is 13.3. The van der Waals surface area contributed by atoms with E-state index in [1.54, 1.807) is 0 Å². The third-order valence-electron chi connectivity index (χ3n) is 6.64. The fourth-order valence-electron chi connectivity index (χ4n) is 4.72. The zero-order chi connectivity index (χ0) is 32.4. The van der Waals surface area contributed by atoms with E-state index in [0.717, 1.165) is 24.6 Å². The Morgan fingerprint density at radius 1 is 1.26 bits per heavy atom. The van der Waals surface area contributed by atoms with Gasteiger partial charge in [-0.25, -0.2) is 18.7 Å². The smallest absolute Gasteiger partial charge is 0.475 e. The van der Waals surface area contributed by atoms with Crippen LogP contribution < -0.4 is 22.1 Å². The maximum atomic E-state index is 13.0. The van der Waals surface area contributed by atoms with Gasteiger partial charge in [0.05, 0.1) is 30.9 Å². The summed E-state index contributed by atoms with van der Waals surface area (Å²) in [4.78, 5) is 62.0. The topological polar surface area (TPSA) is 312 Å². The number of carbonyl (C=O) groups excluding carboxylic acids is 2. The Kier molecular flexibility index (Phi) is 10.7. The minimum atomic E-state index is -5.49. The van der Waals surface area contributed by atoms with Crippen LogP contribution in [0.25, 0.3) is 0 Å². The zero-order valence-corrected chi connectivity index (χ0v) is 23.9. The summed E-state index contributed by atoms with van der Waals surface area (Å²) in [5.41, 5.74) is 4.49. The molecule has 10 N–H and O–H groups in total. The number of nitrogen functional groups attached to an aromatic ring is 1. The molecule has 1 aromatic rings. The highest BCUT2D eigenvalue weighted by Gasteiger charge is 2.59. The van der Waals surface area contributed by atoms with E-state index < -0.39 is 105 Å². The van der Waals surface area contributed by atoms with Gasteiger partial charge in [-0.05, 0) is 13.0 Å². The molecule has 3 rings (SSSR count). The van der Waals surface area contributed by atoms with Crippen LogP contribution >= 0.6 is 7.82 Å². The van der Waals surface area contributed by atoms with Gasteiger partial charge in [-0.1, -0.05) is 0 Å². The highest BCUT2D eigenvalue weighted by Crippen LogP contribution is 2.51. The predicted octanol–water partition coefficient (Wildman–Crippen LogP) is -4.10. The van der Waals surface area contributed by atoms with Crippen molar-refractivity contribution in [2.75, 3.05) is 12.3 Å². The van der Waals surface area contributed by atoms with Crippen molar-refractivity contribution < 1.29 is 67.9 Å². The van der Waals surface area contributed by atoms with E-state index in [2.05, 4.69) is 15.6 Å². The monoisotopic (exact) mass is 639 g/mol. The number of amides is 2. The summed E-state index contributed by atoms with van der Waals surface area (Å²) in [5.74, 6) is -6.68. The average molecular weight is 640 g/mol. The number of carboxylic acids is 1. The third-order valence-corrected chi connectivity index (χ3v) is 7.64. The molecule has 242 valence electrons.